The lowest BCUT2D eigenvalue weighted by Crippen LogP contribution is -2.42. The third-order valence-electron chi connectivity index (χ3n) is 4.51. The fraction of sp³-hybridized carbons (Fsp3) is 0.600. The Morgan fingerprint density at radius 3 is 2.90 bits per heavy atom. The summed E-state index contributed by atoms with van der Waals surface area (Å²) in [5, 5.41) is 4.87. The van der Waals surface area contributed by atoms with Gasteiger partial charge in [0.2, 0.25) is 0 Å². The van der Waals surface area contributed by atoms with Gasteiger partial charge in [-0.05, 0) is 46.2 Å². The average molecular weight is 290 g/mol. The summed E-state index contributed by atoms with van der Waals surface area (Å²) in [4.78, 5) is 13.7. The maximum atomic E-state index is 4.49. The summed E-state index contributed by atoms with van der Waals surface area (Å²) >= 11 is 1.76. The summed E-state index contributed by atoms with van der Waals surface area (Å²) in [5.74, 6) is 1.01. The van der Waals surface area contributed by atoms with Crippen molar-refractivity contribution in [2.45, 2.75) is 45.7 Å². The van der Waals surface area contributed by atoms with Crippen molar-refractivity contribution in [3.8, 4) is 0 Å². The molecule has 3 rings (SSSR count). The molecule has 0 radical (unpaired) electrons. The molecule has 2 aromatic heterocycles. The number of hydrogen-bond donors (Lipinski definition) is 1. The summed E-state index contributed by atoms with van der Waals surface area (Å²) < 4.78 is 0. The number of rotatable bonds is 2. The van der Waals surface area contributed by atoms with Gasteiger partial charge >= 0.3 is 0 Å². The normalized spacial score (nSPS) is 24.2. The number of hydrogen-bond acceptors (Lipinski definition) is 5. The third-order valence-corrected chi connectivity index (χ3v) is 5.63. The van der Waals surface area contributed by atoms with Crippen molar-refractivity contribution >= 4 is 27.4 Å². The van der Waals surface area contributed by atoms with E-state index >= 15 is 0 Å². The Balaban J connectivity index is 1.88. The highest BCUT2D eigenvalue weighted by atomic mass is 32.1. The molecule has 3 heterocycles. The number of nitrogens with one attached hydrogen (secondary N) is 1. The number of anilines is 1. The van der Waals surface area contributed by atoms with Gasteiger partial charge in [-0.15, -0.1) is 11.3 Å². The van der Waals surface area contributed by atoms with Crippen LogP contribution in [-0.4, -0.2) is 40.5 Å². The van der Waals surface area contributed by atoms with E-state index in [2.05, 4.69) is 48.0 Å². The Morgan fingerprint density at radius 1 is 1.35 bits per heavy atom. The lowest BCUT2D eigenvalue weighted by atomic mass is 9.99. The second-order valence-corrected chi connectivity index (χ2v) is 7.08. The number of piperidine rings is 1. The summed E-state index contributed by atoms with van der Waals surface area (Å²) in [7, 11) is 2.20. The Morgan fingerprint density at radius 2 is 2.15 bits per heavy atom. The van der Waals surface area contributed by atoms with E-state index in [1.807, 2.05) is 0 Å². The number of likely N-dealkylation sites (tertiary alicyclic amines) is 1. The molecule has 0 aromatic carbocycles. The molecule has 5 heteroatoms. The fourth-order valence-electron chi connectivity index (χ4n) is 2.91. The third kappa shape index (κ3) is 2.40. The van der Waals surface area contributed by atoms with Crippen LogP contribution in [0, 0.1) is 13.8 Å². The minimum atomic E-state index is 0.513. The van der Waals surface area contributed by atoms with Crippen LogP contribution in [0.15, 0.2) is 6.33 Å². The van der Waals surface area contributed by atoms with Gasteiger partial charge in [0.05, 0.1) is 5.39 Å². The van der Waals surface area contributed by atoms with Crippen molar-refractivity contribution in [1.29, 1.82) is 0 Å². The zero-order valence-electron chi connectivity index (χ0n) is 12.6. The summed E-state index contributed by atoms with van der Waals surface area (Å²) in [5.41, 5.74) is 1.31. The van der Waals surface area contributed by atoms with E-state index in [1.54, 1.807) is 17.7 Å². The van der Waals surface area contributed by atoms with Crippen molar-refractivity contribution in [3.05, 3.63) is 16.8 Å². The van der Waals surface area contributed by atoms with Crippen LogP contribution in [0.5, 0.6) is 0 Å². The largest absolute Gasteiger partial charge is 0.367 e. The van der Waals surface area contributed by atoms with Gasteiger partial charge in [-0.2, -0.15) is 0 Å². The van der Waals surface area contributed by atoms with Crippen molar-refractivity contribution in [3.63, 3.8) is 0 Å². The molecule has 4 nitrogen and oxygen atoms in total. The predicted octanol–water partition coefficient (Wildman–Crippen LogP) is 3.20. The maximum Gasteiger partial charge on any atom is 0.138 e. The molecule has 0 spiro atoms. The van der Waals surface area contributed by atoms with Gasteiger partial charge in [0.1, 0.15) is 17.0 Å². The molecule has 20 heavy (non-hydrogen) atoms. The zero-order valence-corrected chi connectivity index (χ0v) is 13.4. The van der Waals surface area contributed by atoms with E-state index in [4.69, 9.17) is 0 Å². The molecular weight excluding hydrogens is 268 g/mol. The molecule has 1 aliphatic rings. The van der Waals surface area contributed by atoms with Gasteiger partial charge < -0.3 is 10.2 Å². The molecule has 108 valence electrons. The first-order valence-electron chi connectivity index (χ1n) is 7.23. The van der Waals surface area contributed by atoms with Crippen LogP contribution >= 0.6 is 11.3 Å². The van der Waals surface area contributed by atoms with E-state index in [0.717, 1.165) is 17.2 Å². The van der Waals surface area contributed by atoms with E-state index < -0.39 is 0 Å². The van der Waals surface area contributed by atoms with Gasteiger partial charge in [0.25, 0.3) is 0 Å². The molecule has 1 fully saturated rings. The Bertz CT molecular complexity index is 622. The molecule has 2 atom stereocenters. The van der Waals surface area contributed by atoms with E-state index in [-0.39, 0.29) is 0 Å². The van der Waals surface area contributed by atoms with Crippen molar-refractivity contribution < 1.29 is 0 Å². The average Bonchev–Trinajstić information content (AvgIpc) is 2.71. The highest BCUT2D eigenvalue weighted by Crippen LogP contribution is 2.33. The quantitative estimate of drug-likeness (QED) is 0.922. The highest BCUT2D eigenvalue weighted by molar-refractivity contribution is 7.18. The molecule has 1 N–H and O–H groups in total. The molecule has 0 amide bonds. The van der Waals surface area contributed by atoms with Crippen molar-refractivity contribution in [1.82, 2.24) is 14.9 Å². The second kappa shape index (κ2) is 5.30. The lowest BCUT2D eigenvalue weighted by Gasteiger charge is -2.35. The van der Waals surface area contributed by atoms with E-state index in [1.165, 1.54) is 28.7 Å². The van der Waals surface area contributed by atoms with E-state index in [9.17, 15) is 0 Å². The standard InChI is InChI=1S/C15H22N4S/c1-9-7-12(5-6-19(9)4)18-14-13-10(2)11(3)20-15(13)17-8-16-14/h8-9,12H,5-7H2,1-4H3,(H,16,17,18). The van der Waals surface area contributed by atoms with Crippen LogP contribution in [0.25, 0.3) is 10.2 Å². The zero-order chi connectivity index (χ0) is 14.3. The van der Waals surface area contributed by atoms with Gasteiger partial charge in [0.15, 0.2) is 0 Å². The molecule has 0 aliphatic carbocycles. The lowest BCUT2D eigenvalue weighted by molar-refractivity contribution is 0.190. The van der Waals surface area contributed by atoms with Crippen molar-refractivity contribution in [2.75, 3.05) is 18.9 Å². The van der Waals surface area contributed by atoms with Gasteiger partial charge in [0, 0.05) is 23.5 Å². The number of nitrogens with zero attached hydrogens (tertiary/aromatic N) is 3. The molecule has 0 bridgehead atoms. The van der Waals surface area contributed by atoms with E-state index in [0.29, 0.717) is 12.1 Å². The summed E-state index contributed by atoms with van der Waals surface area (Å²) in [6, 6.07) is 1.14. The van der Waals surface area contributed by atoms with Gasteiger partial charge in [-0.3, -0.25) is 0 Å². The molecule has 1 aliphatic heterocycles. The Kier molecular flexibility index (Phi) is 3.65. The number of thiophene rings is 1. The number of aromatic nitrogens is 2. The van der Waals surface area contributed by atoms with Crippen LogP contribution in [0.4, 0.5) is 5.82 Å². The Hall–Kier alpha value is -1.20. The molecule has 0 saturated carbocycles. The Labute approximate surface area is 124 Å². The summed E-state index contributed by atoms with van der Waals surface area (Å²) in [6.07, 6.45) is 4.02. The fourth-order valence-corrected chi connectivity index (χ4v) is 3.90. The van der Waals surface area contributed by atoms with Crippen LogP contribution in [-0.2, 0) is 0 Å². The maximum absolute atomic E-state index is 4.49. The topological polar surface area (TPSA) is 41.1 Å². The minimum absolute atomic E-state index is 0.513. The number of fused-ring (bicyclic) bond motifs is 1. The van der Waals surface area contributed by atoms with Crippen LogP contribution in [0.2, 0.25) is 0 Å². The predicted molar refractivity (Wildman–Crippen MR) is 85.6 cm³/mol. The van der Waals surface area contributed by atoms with Gasteiger partial charge in [-0.25, -0.2) is 9.97 Å². The van der Waals surface area contributed by atoms with Crippen LogP contribution in [0.3, 0.4) is 0 Å². The first-order valence-corrected chi connectivity index (χ1v) is 8.05. The van der Waals surface area contributed by atoms with Gasteiger partial charge in [-0.1, -0.05) is 0 Å². The minimum Gasteiger partial charge on any atom is -0.367 e. The smallest absolute Gasteiger partial charge is 0.138 e. The van der Waals surface area contributed by atoms with Crippen LogP contribution < -0.4 is 5.32 Å². The van der Waals surface area contributed by atoms with Crippen molar-refractivity contribution in [2.24, 2.45) is 0 Å². The number of aryl methyl sites for hydroxylation is 2. The monoisotopic (exact) mass is 290 g/mol. The molecule has 2 aromatic rings. The first-order chi connectivity index (χ1) is 9.56. The molecule has 2 unspecified atom stereocenters. The molecule has 1 saturated heterocycles. The first kappa shape index (κ1) is 13.8. The second-order valence-electron chi connectivity index (χ2n) is 5.88. The highest BCUT2D eigenvalue weighted by Gasteiger charge is 2.24. The summed E-state index contributed by atoms with van der Waals surface area (Å²) in [6.45, 7) is 7.77. The van der Waals surface area contributed by atoms with Crippen LogP contribution in [0.1, 0.15) is 30.2 Å². The molecular formula is C15H22N4S. The SMILES string of the molecule is Cc1sc2ncnc(NC3CCN(C)C(C)C3)c2c1C.